The number of hydrogen-bond donors (Lipinski definition) is 2. The zero-order valence-electron chi connectivity index (χ0n) is 14.8. The van der Waals surface area contributed by atoms with E-state index in [0.29, 0.717) is 0 Å². The Morgan fingerprint density at radius 1 is 0.767 bits per heavy atom. The summed E-state index contributed by atoms with van der Waals surface area (Å²) < 4.78 is 94.0. The van der Waals surface area contributed by atoms with Crippen LogP contribution in [0.25, 0.3) is 0 Å². The predicted octanol–water partition coefficient (Wildman–Crippen LogP) is 6.26. The molecule has 0 fully saturated rings. The lowest BCUT2D eigenvalue weighted by molar-refractivity contribution is -0.137. The van der Waals surface area contributed by atoms with Crippen LogP contribution >= 0.6 is 0 Å². The first kappa shape index (κ1) is 21.2. The highest BCUT2D eigenvalue weighted by molar-refractivity contribution is 6.04. The molecule has 0 heterocycles. The molecular formula is C20H11F7N2O. The lowest BCUT2D eigenvalue weighted by Gasteiger charge is -2.15. The average molecular weight is 428 g/mol. The van der Waals surface area contributed by atoms with Crippen LogP contribution in [-0.2, 0) is 6.18 Å². The van der Waals surface area contributed by atoms with Gasteiger partial charge in [-0.05, 0) is 48.5 Å². The van der Waals surface area contributed by atoms with Gasteiger partial charge in [0.15, 0.2) is 0 Å². The maximum Gasteiger partial charge on any atom is 0.418 e. The Balaban J connectivity index is 1.84. The van der Waals surface area contributed by atoms with Crippen LogP contribution in [0.4, 0.5) is 47.8 Å². The first-order chi connectivity index (χ1) is 14.1. The normalized spacial score (nSPS) is 11.3. The Kier molecular flexibility index (Phi) is 5.68. The van der Waals surface area contributed by atoms with E-state index in [1.165, 1.54) is 0 Å². The zero-order valence-corrected chi connectivity index (χ0v) is 14.8. The van der Waals surface area contributed by atoms with Crippen LogP contribution in [0.15, 0.2) is 54.6 Å². The van der Waals surface area contributed by atoms with Crippen molar-refractivity contribution in [3.8, 4) is 0 Å². The molecule has 3 aromatic rings. The first-order valence-electron chi connectivity index (χ1n) is 8.25. The molecule has 10 heteroatoms. The van der Waals surface area contributed by atoms with E-state index in [-0.39, 0.29) is 11.8 Å². The number of rotatable bonds is 4. The molecule has 0 aliphatic heterocycles. The Hall–Kier alpha value is -3.56. The van der Waals surface area contributed by atoms with Crippen molar-refractivity contribution in [2.75, 3.05) is 10.6 Å². The summed E-state index contributed by atoms with van der Waals surface area (Å²) in [6.45, 7) is 0. The molecule has 3 rings (SSSR count). The summed E-state index contributed by atoms with van der Waals surface area (Å²) in [6, 6.07) is 7.49. The van der Waals surface area contributed by atoms with Gasteiger partial charge in [0, 0.05) is 5.69 Å². The Bertz CT molecular complexity index is 1090. The predicted molar refractivity (Wildman–Crippen MR) is 95.4 cm³/mol. The van der Waals surface area contributed by atoms with Gasteiger partial charge < -0.3 is 10.6 Å². The van der Waals surface area contributed by atoms with Gasteiger partial charge in [0.25, 0.3) is 5.91 Å². The molecule has 0 saturated heterocycles. The van der Waals surface area contributed by atoms with E-state index in [1.54, 1.807) is 0 Å². The third kappa shape index (κ3) is 4.53. The topological polar surface area (TPSA) is 41.1 Å². The van der Waals surface area contributed by atoms with E-state index >= 15 is 0 Å². The number of anilines is 3. The van der Waals surface area contributed by atoms with Crippen LogP contribution in [-0.4, -0.2) is 5.91 Å². The van der Waals surface area contributed by atoms with Crippen LogP contribution in [0.5, 0.6) is 0 Å². The van der Waals surface area contributed by atoms with E-state index in [0.717, 1.165) is 48.5 Å². The second kappa shape index (κ2) is 8.05. The molecule has 0 aromatic heterocycles. The molecular weight excluding hydrogens is 417 g/mol. The number of benzene rings is 3. The number of hydrogen-bond acceptors (Lipinski definition) is 2. The molecule has 0 radical (unpaired) electrons. The maximum absolute atomic E-state index is 14.3. The first-order valence-corrected chi connectivity index (χ1v) is 8.25. The smallest absolute Gasteiger partial charge is 0.353 e. The molecule has 0 unspecified atom stereocenters. The number of halogens is 7. The Morgan fingerprint density at radius 3 is 2.00 bits per heavy atom. The van der Waals surface area contributed by atoms with Gasteiger partial charge >= 0.3 is 6.18 Å². The van der Waals surface area contributed by atoms with Crippen LogP contribution in [0.3, 0.4) is 0 Å². The summed E-state index contributed by atoms with van der Waals surface area (Å²) in [6.07, 6.45) is -4.89. The summed E-state index contributed by atoms with van der Waals surface area (Å²) >= 11 is 0. The Labute approximate surface area is 165 Å². The van der Waals surface area contributed by atoms with Gasteiger partial charge in [0.1, 0.15) is 28.8 Å². The molecule has 0 atom stereocenters. The highest BCUT2D eigenvalue weighted by Crippen LogP contribution is 2.37. The molecule has 0 saturated carbocycles. The maximum atomic E-state index is 14.3. The van der Waals surface area contributed by atoms with Crippen molar-refractivity contribution in [2.45, 2.75) is 6.18 Å². The van der Waals surface area contributed by atoms with Crippen molar-refractivity contribution < 1.29 is 35.5 Å². The van der Waals surface area contributed by atoms with E-state index in [2.05, 4.69) is 10.6 Å². The lowest BCUT2D eigenvalue weighted by atomic mass is 10.1. The van der Waals surface area contributed by atoms with E-state index in [9.17, 15) is 35.5 Å². The summed E-state index contributed by atoms with van der Waals surface area (Å²) in [4.78, 5) is 12.0. The third-order valence-corrected chi connectivity index (χ3v) is 3.97. The average Bonchev–Trinajstić information content (AvgIpc) is 2.64. The van der Waals surface area contributed by atoms with Gasteiger partial charge in [-0.2, -0.15) is 13.2 Å². The van der Waals surface area contributed by atoms with Gasteiger partial charge in [-0.25, -0.2) is 17.6 Å². The molecule has 3 nitrogen and oxygen atoms in total. The van der Waals surface area contributed by atoms with Crippen LogP contribution < -0.4 is 10.6 Å². The fourth-order valence-electron chi connectivity index (χ4n) is 2.61. The fourth-order valence-corrected chi connectivity index (χ4v) is 2.61. The summed E-state index contributed by atoms with van der Waals surface area (Å²) in [7, 11) is 0. The second-order valence-electron chi connectivity index (χ2n) is 6.06. The molecule has 0 spiro atoms. The highest BCUT2D eigenvalue weighted by Gasteiger charge is 2.34. The standard InChI is InChI=1S/C20H11F7N2O/c21-10-4-6-16(12(8-10)20(25,26)27)29-17-7-5-11(9-15(17)24)28-19(30)18-13(22)2-1-3-14(18)23/h1-9,29H,(H,28,30). The number of amides is 1. The highest BCUT2D eigenvalue weighted by atomic mass is 19.4. The van der Waals surface area contributed by atoms with E-state index in [1.807, 2.05) is 0 Å². The van der Waals surface area contributed by atoms with Crippen LogP contribution in [0.1, 0.15) is 15.9 Å². The number of alkyl halides is 3. The largest absolute Gasteiger partial charge is 0.418 e. The quantitative estimate of drug-likeness (QED) is 0.482. The van der Waals surface area contributed by atoms with Crippen LogP contribution in [0.2, 0.25) is 0 Å². The third-order valence-electron chi connectivity index (χ3n) is 3.97. The minimum atomic E-state index is -4.89. The lowest BCUT2D eigenvalue weighted by Crippen LogP contribution is -2.16. The van der Waals surface area contributed by atoms with Gasteiger partial charge in [0.05, 0.1) is 16.9 Å². The monoisotopic (exact) mass is 428 g/mol. The van der Waals surface area contributed by atoms with Crippen molar-refractivity contribution in [3.05, 3.63) is 89.0 Å². The van der Waals surface area contributed by atoms with E-state index in [4.69, 9.17) is 0 Å². The van der Waals surface area contributed by atoms with Gasteiger partial charge in [-0.1, -0.05) is 6.07 Å². The van der Waals surface area contributed by atoms with Gasteiger partial charge in [0.2, 0.25) is 0 Å². The van der Waals surface area contributed by atoms with Gasteiger partial charge in [-0.15, -0.1) is 0 Å². The summed E-state index contributed by atoms with van der Waals surface area (Å²) in [5, 5.41) is 4.31. The van der Waals surface area contributed by atoms with Gasteiger partial charge in [-0.3, -0.25) is 4.79 Å². The minimum absolute atomic E-state index is 0.194. The molecule has 3 aromatic carbocycles. The summed E-state index contributed by atoms with van der Waals surface area (Å²) in [5.74, 6) is -5.61. The van der Waals surface area contributed by atoms with Crippen LogP contribution in [0, 0.1) is 23.3 Å². The number of carbonyl (C=O) groups excluding carboxylic acids is 1. The van der Waals surface area contributed by atoms with Crippen molar-refractivity contribution in [1.29, 1.82) is 0 Å². The van der Waals surface area contributed by atoms with Crippen molar-refractivity contribution in [2.24, 2.45) is 0 Å². The molecule has 0 aliphatic carbocycles. The summed E-state index contributed by atoms with van der Waals surface area (Å²) in [5.41, 5.74) is -3.40. The second-order valence-corrected chi connectivity index (χ2v) is 6.06. The molecule has 0 aliphatic rings. The molecule has 0 bridgehead atoms. The Morgan fingerprint density at radius 2 is 1.40 bits per heavy atom. The fraction of sp³-hybridized carbons (Fsp3) is 0.0500. The molecule has 30 heavy (non-hydrogen) atoms. The minimum Gasteiger partial charge on any atom is -0.353 e. The van der Waals surface area contributed by atoms with Crippen molar-refractivity contribution in [3.63, 3.8) is 0 Å². The van der Waals surface area contributed by atoms with Crippen molar-refractivity contribution >= 4 is 23.0 Å². The number of carbonyl (C=O) groups is 1. The SMILES string of the molecule is O=C(Nc1ccc(Nc2ccc(F)cc2C(F)(F)F)c(F)c1)c1c(F)cccc1F. The number of nitrogens with one attached hydrogen (secondary N) is 2. The van der Waals surface area contributed by atoms with E-state index < -0.39 is 57.9 Å². The van der Waals surface area contributed by atoms with Crippen molar-refractivity contribution in [1.82, 2.24) is 0 Å². The zero-order chi connectivity index (χ0) is 22.1. The molecule has 1 amide bonds. The molecule has 2 N–H and O–H groups in total. The molecule has 156 valence electrons.